The summed E-state index contributed by atoms with van der Waals surface area (Å²) in [4.78, 5) is 12.6. The summed E-state index contributed by atoms with van der Waals surface area (Å²) < 4.78 is 31.6. The van der Waals surface area contributed by atoms with Crippen LogP contribution in [0, 0.1) is 0 Å². The Kier molecular flexibility index (Phi) is 8.12. The number of ether oxygens (including phenoxy) is 1. The first-order valence-electron chi connectivity index (χ1n) is 10.5. The van der Waals surface area contributed by atoms with E-state index in [2.05, 4.69) is 26.1 Å². The molecule has 0 aliphatic heterocycles. The van der Waals surface area contributed by atoms with Crippen molar-refractivity contribution in [2.75, 3.05) is 23.7 Å². The average molecular weight is 447 g/mol. The van der Waals surface area contributed by atoms with E-state index in [1.54, 1.807) is 19.1 Å². The van der Waals surface area contributed by atoms with Crippen LogP contribution in [0.15, 0.2) is 48.5 Å². The van der Waals surface area contributed by atoms with Crippen molar-refractivity contribution in [1.82, 2.24) is 5.32 Å². The van der Waals surface area contributed by atoms with E-state index in [4.69, 9.17) is 4.74 Å². The Hall–Kier alpha value is -2.54. The molecule has 31 heavy (non-hydrogen) atoms. The molecule has 6 nitrogen and oxygen atoms in total. The maximum atomic E-state index is 12.6. The summed E-state index contributed by atoms with van der Waals surface area (Å²) in [5.74, 6) is 0.348. The van der Waals surface area contributed by atoms with Gasteiger partial charge in [0, 0.05) is 0 Å². The van der Waals surface area contributed by atoms with E-state index < -0.39 is 16.1 Å². The largest absolute Gasteiger partial charge is 0.492 e. The topological polar surface area (TPSA) is 75.7 Å². The van der Waals surface area contributed by atoms with Gasteiger partial charge in [0.05, 0.1) is 18.5 Å². The predicted molar refractivity (Wildman–Crippen MR) is 126 cm³/mol. The third-order valence-electron chi connectivity index (χ3n) is 5.08. The number of nitrogens with one attached hydrogen (secondary N) is 1. The van der Waals surface area contributed by atoms with Crippen molar-refractivity contribution in [3.05, 3.63) is 59.7 Å². The second-order valence-electron chi connectivity index (χ2n) is 8.67. The Morgan fingerprint density at radius 3 is 2.13 bits per heavy atom. The third kappa shape index (κ3) is 6.99. The van der Waals surface area contributed by atoms with Crippen molar-refractivity contribution in [2.45, 2.75) is 52.5 Å². The highest BCUT2D eigenvalue weighted by atomic mass is 32.2. The van der Waals surface area contributed by atoms with Gasteiger partial charge in [0.2, 0.25) is 15.9 Å². The Bertz CT molecular complexity index is 962. The number of rotatable bonds is 9. The van der Waals surface area contributed by atoms with Crippen molar-refractivity contribution < 1.29 is 17.9 Å². The van der Waals surface area contributed by atoms with Crippen LogP contribution in [-0.2, 0) is 26.7 Å². The molecule has 1 atom stereocenters. The Morgan fingerprint density at radius 2 is 1.65 bits per heavy atom. The molecule has 0 spiro atoms. The van der Waals surface area contributed by atoms with Crippen LogP contribution in [0.1, 0.15) is 45.7 Å². The van der Waals surface area contributed by atoms with Crippen molar-refractivity contribution >= 4 is 21.6 Å². The lowest BCUT2D eigenvalue weighted by molar-refractivity contribution is -0.121. The van der Waals surface area contributed by atoms with Crippen molar-refractivity contribution in [3.63, 3.8) is 0 Å². The Labute approximate surface area is 186 Å². The summed E-state index contributed by atoms with van der Waals surface area (Å²) in [5, 5.41) is 2.76. The van der Waals surface area contributed by atoms with Crippen LogP contribution in [-0.4, -0.2) is 39.8 Å². The van der Waals surface area contributed by atoms with Crippen molar-refractivity contribution in [1.29, 1.82) is 0 Å². The zero-order valence-electron chi connectivity index (χ0n) is 19.3. The maximum absolute atomic E-state index is 12.6. The van der Waals surface area contributed by atoms with Gasteiger partial charge in [0.1, 0.15) is 18.4 Å². The Morgan fingerprint density at radius 1 is 1.06 bits per heavy atom. The molecule has 0 aliphatic rings. The Balaban J connectivity index is 1.94. The van der Waals surface area contributed by atoms with Gasteiger partial charge in [-0.15, -0.1) is 0 Å². The molecule has 0 unspecified atom stereocenters. The normalized spacial score (nSPS) is 12.8. The highest BCUT2D eigenvalue weighted by molar-refractivity contribution is 7.92. The molecule has 7 heteroatoms. The quantitative estimate of drug-likeness (QED) is 0.593. The second kappa shape index (κ2) is 10.2. The molecule has 2 rings (SSSR count). The predicted octanol–water partition coefficient (Wildman–Crippen LogP) is 3.90. The summed E-state index contributed by atoms with van der Waals surface area (Å²) in [5.41, 5.74) is 2.86. The van der Waals surface area contributed by atoms with E-state index in [-0.39, 0.29) is 24.5 Å². The number of amides is 1. The summed E-state index contributed by atoms with van der Waals surface area (Å²) in [6.45, 7) is 10.6. The van der Waals surface area contributed by atoms with Gasteiger partial charge in [-0.05, 0) is 54.2 Å². The van der Waals surface area contributed by atoms with E-state index in [0.29, 0.717) is 5.69 Å². The molecular formula is C24H34N2O4S. The zero-order chi connectivity index (χ0) is 23.2. The fraction of sp³-hybridized carbons (Fsp3) is 0.458. The fourth-order valence-corrected chi connectivity index (χ4v) is 4.40. The van der Waals surface area contributed by atoms with Crippen molar-refractivity contribution in [3.8, 4) is 5.75 Å². The number of aryl methyl sites for hydroxylation is 1. The smallest absolute Gasteiger partial charge is 0.243 e. The number of carbonyl (C=O) groups is 1. The van der Waals surface area contributed by atoms with Gasteiger partial charge in [-0.1, -0.05) is 52.0 Å². The molecule has 170 valence electrons. The lowest BCUT2D eigenvalue weighted by atomic mass is 9.87. The summed E-state index contributed by atoms with van der Waals surface area (Å²) >= 11 is 0. The van der Waals surface area contributed by atoms with Crippen LogP contribution in [0.3, 0.4) is 0 Å². The molecule has 1 N–H and O–H groups in total. The summed E-state index contributed by atoms with van der Waals surface area (Å²) in [6.07, 6.45) is 1.96. The van der Waals surface area contributed by atoms with Gasteiger partial charge >= 0.3 is 0 Å². The summed E-state index contributed by atoms with van der Waals surface area (Å²) in [7, 11) is -3.63. The van der Waals surface area contributed by atoms with Gasteiger partial charge in [0.25, 0.3) is 0 Å². The molecule has 0 aromatic heterocycles. The van der Waals surface area contributed by atoms with Crippen LogP contribution in [0.5, 0.6) is 5.75 Å². The molecule has 2 aromatic rings. The monoisotopic (exact) mass is 446 g/mol. The number of carbonyl (C=O) groups excluding carboxylic acids is 1. The first-order chi connectivity index (χ1) is 14.4. The second-order valence-corrected chi connectivity index (χ2v) is 10.5. The van der Waals surface area contributed by atoms with E-state index in [9.17, 15) is 13.2 Å². The minimum Gasteiger partial charge on any atom is -0.492 e. The van der Waals surface area contributed by atoms with Crippen LogP contribution in [0.4, 0.5) is 5.69 Å². The van der Waals surface area contributed by atoms with Crippen molar-refractivity contribution in [2.24, 2.45) is 0 Å². The van der Waals surface area contributed by atoms with Crippen LogP contribution < -0.4 is 14.4 Å². The average Bonchev–Trinajstić information content (AvgIpc) is 2.70. The number of hydrogen-bond donors (Lipinski definition) is 1. The molecule has 2 aromatic carbocycles. The fourth-order valence-electron chi connectivity index (χ4n) is 3.23. The van der Waals surface area contributed by atoms with Gasteiger partial charge in [-0.3, -0.25) is 9.10 Å². The molecule has 1 amide bonds. The van der Waals surface area contributed by atoms with Crippen LogP contribution in [0.25, 0.3) is 0 Å². The minimum absolute atomic E-state index is 0.0744. The van der Waals surface area contributed by atoms with Gasteiger partial charge in [0.15, 0.2) is 0 Å². The lowest BCUT2D eigenvalue weighted by Crippen LogP contribution is -2.48. The molecule has 0 radical (unpaired) electrons. The SMILES string of the molecule is CCc1ccc(N([C@H](C)C(=O)NCCOc2ccc(C(C)(C)C)cc2)S(C)(=O)=O)cc1. The van der Waals surface area contributed by atoms with E-state index in [1.165, 1.54) is 5.56 Å². The number of anilines is 1. The van der Waals surface area contributed by atoms with Gasteiger partial charge in [-0.25, -0.2) is 8.42 Å². The van der Waals surface area contributed by atoms with Crippen LogP contribution in [0.2, 0.25) is 0 Å². The highest BCUT2D eigenvalue weighted by Gasteiger charge is 2.28. The molecule has 0 bridgehead atoms. The third-order valence-corrected chi connectivity index (χ3v) is 6.32. The van der Waals surface area contributed by atoms with E-state index in [1.807, 2.05) is 43.3 Å². The first kappa shape index (κ1) is 24.7. The number of sulfonamides is 1. The lowest BCUT2D eigenvalue weighted by Gasteiger charge is -2.28. The van der Waals surface area contributed by atoms with Crippen LogP contribution >= 0.6 is 0 Å². The van der Waals surface area contributed by atoms with Gasteiger partial charge < -0.3 is 10.1 Å². The van der Waals surface area contributed by atoms with E-state index in [0.717, 1.165) is 28.3 Å². The first-order valence-corrected chi connectivity index (χ1v) is 12.4. The zero-order valence-corrected chi connectivity index (χ0v) is 20.1. The number of hydrogen-bond acceptors (Lipinski definition) is 4. The maximum Gasteiger partial charge on any atom is 0.243 e. The molecule has 0 saturated carbocycles. The molecule has 0 heterocycles. The van der Waals surface area contributed by atoms with E-state index >= 15 is 0 Å². The molecule has 0 fully saturated rings. The minimum atomic E-state index is -3.63. The molecular weight excluding hydrogens is 412 g/mol. The molecule has 0 aliphatic carbocycles. The van der Waals surface area contributed by atoms with Gasteiger partial charge in [-0.2, -0.15) is 0 Å². The number of benzene rings is 2. The highest BCUT2D eigenvalue weighted by Crippen LogP contribution is 2.24. The standard InChI is InChI=1S/C24H34N2O4S/c1-7-19-8-12-21(13-9-19)26(31(6,28)29)18(2)23(27)25-16-17-30-22-14-10-20(11-15-22)24(3,4)5/h8-15,18H,7,16-17H2,1-6H3,(H,25,27)/t18-/m1/s1. The number of nitrogens with zero attached hydrogens (tertiary/aromatic N) is 1. The summed E-state index contributed by atoms with van der Waals surface area (Å²) in [6, 6.07) is 14.2. The molecule has 0 saturated heterocycles.